The van der Waals surface area contributed by atoms with Crippen molar-refractivity contribution < 1.29 is 14.3 Å². The molecule has 0 aliphatic heterocycles. The van der Waals surface area contributed by atoms with E-state index in [0.29, 0.717) is 12.8 Å². The van der Waals surface area contributed by atoms with Crippen molar-refractivity contribution in [2.75, 3.05) is 13.9 Å². The summed E-state index contributed by atoms with van der Waals surface area (Å²) in [4.78, 5) is 11.4. The molecule has 0 aromatic heterocycles. The van der Waals surface area contributed by atoms with E-state index in [-0.39, 0.29) is 12.6 Å². The first kappa shape index (κ1) is 10.2. The van der Waals surface area contributed by atoms with Crippen LogP contribution >= 0.6 is 0 Å². The lowest BCUT2D eigenvalue weighted by molar-refractivity contribution is -0.118. The van der Waals surface area contributed by atoms with Crippen molar-refractivity contribution in [2.45, 2.75) is 19.3 Å². The third-order valence-electron chi connectivity index (χ3n) is 2.61. The Kier molecular flexibility index (Phi) is 3.02. The number of carbonyl (C=O) groups is 1. The molecule has 3 nitrogen and oxygen atoms in total. The molecule has 0 saturated heterocycles. The molecular formula is C12H14O3. The maximum atomic E-state index is 11.4. The molecule has 2 rings (SSSR count). The van der Waals surface area contributed by atoms with E-state index >= 15 is 0 Å². The Morgan fingerprint density at radius 2 is 2.20 bits per heavy atom. The van der Waals surface area contributed by atoms with Crippen LogP contribution in [0.25, 0.3) is 0 Å². The van der Waals surface area contributed by atoms with Crippen molar-refractivity contribution in [1.82, 2.24) is 0 Å². The lowest BCUT2D eigenvalue weighted by Gasteiger charge is -2.18. The highest BCUT2D eigenvalue weighted by atomic mass is 16.7. The molecule has 1 aliphatic rings. The molecule has 1 aromatic rings. The van der Waals surface area contributed by atoms with Crippen molar-refractivity contribution in [3.8, 4) is 5.75 Å². The number of methoxy groups -OCH3 is 1. The van der Waals surface area contributed by atoms with Gasteiger partial charge in [0.1, 0.15) is 11.5 Å². The van der Waals surface area contributed by atoms with Gasteiger partial charge in [0.05, 0.1) is 0 Å². The van der Waals surface area contributed by atoms with Crippen LogP contribution in [0.5, 0.6) is 5.75 Å². The summed E-state index contributed by atoms with van der Waals surface area (Å²) in [5, 5.41) is 0. The van der Waals surface area contributed by atoms with E-state index in [1.54, 1.807) is 7.11 Å². The summed E-state index contributed by atoms with van der Waals surface area (Å²) in [7, 11) is 1.58. The normalized spacial score (nSPS) is 14.9. The summed E-state index contributed by atoms with van der Waals surface area (Å²) in [6, 6.07) is 5.90. The van der Waals surface area contributed by atoms with Crippen LogP contribution in [-0.2, 0) is 22.4 Å². The second-order valence-electron chi connectivity index (χ2n) is 3.66. The summed E-state index contributed by atoms with van der Waals surface area (Å²) >= 11 is 0. The fourth-order valence-electron chi connectivity index (χ4n) is 1.86. The monoisotopic (exact) mass is 206 g/mol. The van der Waals surface area contributed by atoms with Crippen LogP contribution < -0.4 is 4.74 Å². The molecule has 0 amide bonds. The minimum absolute atomic E-state index is 0.227. The Bertz CT molecular complexity index is 371. The van der Waals surface area contributed by atoms with E-state index in [1.165, 1.54) is 5.56 Å². The zero-order valence-corrected chi connectivity index (χ0v) is 8.79. The highest BCUT2D eigenvalue weighted by Crippen LogP contribution is 2.28. The Labute approximate surface area is 89.0 Å². The third-order valence-corrected chi connectivity index (χ3v) is 2.61. The number of hydrogen-bond donors (Lipinski definition) is 0. The highest BCUT2D eigenvalue weighted by Gasteiger charge is 2.18. The lowest BCUT2D eigenvalue weighted by atomic mass is 9.90. The van der Waals surface area contributed by atoms with Crippen LogP contribution in [0.4, 0.5) is 0 Å². The van der Waals surface area contributed by atoms with Crippen LogP contribution in [0.1, 0.15) is 17.5 Å². The molecule has 0 unspecified atom stereocenters. The molecular weight excluding hydrogens is 192 g/mol. The number of ketones is 1. The van der Waals surface area contributed by atoms with E-state index < -0.39 is 0 Å². The molecule has 3 heteroatoms. The minimum Gasteiger partial charge on any atom is -0.467 e. The first-order valence-electron chi connectivity index (χ1n) is 5.05. The van der Waals surface area contributed by atoms with E-state index in [2.05, 4.69) is 6.07 Å². The highest BCUT2D eigenvalue weighted by molar-refractivity contribution is 5.84. The Balaban J connectivity index is 2.27. The summed E-state index contributed by atoms with van der Waals surface area (Å²) in [6.07, 6.45) is 1.98. The second-order valence-corrected chi connectivity index (χ2v) is 3.66. The largest absolute Gasteiger partial charge is 0.467 e. The van der Waals surface area contributed by atoms with Gasteiger partial charge in [-0.1, -0.05) is 12.1 Å². The first-order chi connectivity index (χ1) is 7.31. The van der Waals surface area contributed by atoms with Gasteiger partial charge < -0.3 is 9.47 Å². The summed E-state index contributed by atoms with van der Waals surface area (Å²) in [5.41, 5.74) is 2.26. The molecule has 80 valence electrons. The average Bonchev–Trinajstić information content (AvgIpc) is 2.26. The predicted octanol–water partition coefficient (Wildman–Crippen LogP) is 1.73. The SMILES string of the molecule is COCOc1cccc2c1CC(=O)CC2. The fourth-order valence-corrected chi connectivity index (χ4v) is 1.86. The number of rotatable bonds is 3. The number of ether oxygens (including phenoxy) is 2. The summed E-state index contributed by atoms with van der Waals surface area (Å²) in [5.74, 6) is 1.07. The predicted molar refractivity (Wildman–Crippen MR) is 56.0 cm³/mol. The molecule has 0 radical (unpaired) electrons. The van der Waals surface area contributed by atoms with Gasteiger partial charge in [-0.15, -0.1) is 0 Å². The number of benzene rings is 1. The van der Waals surface area contributed by atoms with Gasteiger partial charge in [-0.25, -0.2) is 0 Å². The van der Waals surface area contributed by atoms with Crippen molar-refractivity contribution in [2.24, 2.45) is 0 Å². The topological polar surface area (TPSA) is 35.5 Å². The van der Waals surface area contributed by atoms with Crippen LogP contribution in [0, 0.1) is 0 Å². The van der Waals surface area contributed by atoms with Gasteiger partial charge in [0.25, 0.3) is 0 Å². The molecule has 0 N–H and O–H groups in total. The first-order valence-corrected chi connectivity index (χ1v) is 5.05. The van der Waals surface area contributed by atoms with Gasteiger partial charge in [0.15, 0.2) is 6.79 Å². The van der Waals surface area contributed by atoms with Gasteiger partial charge in [-0.2, -0.15) is 0 Å². The molecule has 1 aliphatic carbocycles. The molecule has 0 bridgehead atoms. The molecule has 0 atom stereocenters. The van der Waals surface area contributed by atoms with E-state index in [9.17, 15) is 4.79 Å². The number of carbonyl (C=O) groups excluding carboxylic acids is 1. The molecule has 0 heterocycles. The third kappa shape index (κ3) is 2.18. The number of Topliss-reactive ketones (excluding diaryl/α,β-unsaturated/α-hetero) is 1. The molecule has 0 saturated carbocycles. The van der Waals surface area contributed by atoms with E-state index in [1.807, 2.05) is 12.1 Å². The zero-order valence-electron chi connectivity index (χ0n) is 8.79. The molecule has 15 heavy (non-hydrogen) atoms. The number of aryl methyl sites for hydroxylation is 1. The maximum absolute atomic E-state index is 11.4. The van der Waals surface area contributed by atoms with Gasteiger partial charge in [-0.3, -0.25) is 4.79 Å². The van der Waals surface area contributed by atoms with Gasteiger partial charge in [-0.05, 0) is 18.1 Å². The average molecular weight is 206 g/mol. The van der Waals surface area contributed by atoms with E-state index in [4.69, 9.17) is 9.47 Å². The quantitative estimate of drug-likeness (QED) is 0.706. The maximum Gasteiger partial charge on any atom is 0.188 e. The van der Waals surface area contributed by atoms with Crippen molar-refractivity contribution >= 4 is 5.78 Å². The number of fused-ring (bicyclic) bond motifs is 1. The van der Waals surface area contributed by atoms with Crippen LogP contribution in [0.2, 0.25) is 0 Å². The van der Waals surface area contributed by atoms with Gasteiger partial charge >= 0.3 is 0 Å². The van der Waals surface area contributed by atoms with Gasteiger partial charge in [0.2, 0.25) is 0 Å². The lowest BCUT2D eigenvalue weighted by Crippen LogP contribution is -2.15. The van der Waals surface area contributed by atoms with Gasteiger partial charge in [0, 0.05) is 25.5 Å². The van der Waals surface area contributed by atoms with Crippen molar-refractivity contribution in [3.05, 3.63) is 29.3 Å². The zero-order chi connectivity index (χ0) is 10.7. The smallest absolute Gasteiger partial charge is 0.188 e. The Hall–Kier alpha value is -1.35. The fraction of sp³-hybridized carbons (Fsp3) is 0.417. The summed E-state index contributed by atoms with van der Waals surface area (Å²) < 4.78 is 10.3. The van der Waals surface area contributed by atoms with Crippen LogP contribution in [0.3, 0.4) is 0 Å². The van der Waals surface area contributed by atoms with Crippen molar-refractivity contribution in [3.63, 3.8) is 0 Å². The molecule has 0 fully saturated rings. The summed E-state index contributed by atoms with van der Waals surface area (Å²) in [6.45, 7) is 0.227. The van der Waals surface area contributed by atoms with E-state index in [0.717, 1.165) is 17.7 Å². The van der Waals surface area contributed by atoms with Crippen molar-refractivity contribution in [1.29, 1.82) is 0 Å². The molecule has 1 aromatic carbocycles. The standard InChI is InChI=1S/C12H14O3/c1-14-8-15-12-4-2-3-9-5-6-10(13)7-11(9)12/h2-4H,5-8H2,1H3. The van der Waals surface area contributed by atoms with Crippen LogP contribution in [-0.4, -0.2) is 19.7 Å². The Morgan fingerprint density at radius 3 is 3.00 bits per heavy atom. The molecule has 0 spiro atoms. The van der Waals surface area contributed by atoms with Crippen LogP contribution in [0.15, 0.2) is 18.2 Å². The number of hydrogen-bond acceptors (Lipinski definition) is 3. The minimum atomic E-state index is 0.227. The second kappa shape index (κ2) is 4.45. The Morgan fingerprint density at radius 1 is 1.33 bits per heavy atom.